The van der Waals surface area contributed by atoms with Gasteiger partial charge < -0.3 is 10.8 Å². The van der Waals surface area contributed by atoms with Crippen LogP contribution in [0.5, 0.6) is 0 Å². The lowest BCUT2D eigenvalue weighted by Crippen LogP contribution is -2.11. The van der Waals surface area contributed by atoms with Gasteiger partial charge >= 0.3 is 0 Å². The summed E-state index contributed by atoms with van der Waals surface area (Å²) in [5.74, 6) is 0. The maximum Gasteiger partial charge on any atom is 0.0940 e. The van der Waals surface area contributed by atoms with Crippen LogP contribution in [-0.2, 0) is 0 Å². The van der Waals surface area contributed by atoms with Gasteiger partial charge in [0.25, 0.3) is 0 Å². The molecule has 3 heteroatoms. The second-order valence-corrected chi connectivity index (χ2v) is 2.04. The highest BCUT2D eigenvalue weighted by atomic mass is 16.3. The fourth-order valence-corrected chi connectivity index (χ4v) is 0.420. The van der Waals surface area contributed by atoms with E-state index in [1.165, 1.54) is 0 Å². The monoisotopic (exact) mass is 142 g/mol. The predicted octanol–water partition coefficient (Wildman–Crippen LogP) is 0.300. The Bertz CT molecular complexity index is 139. The van der Waals surface area contributed by atoms with E-state index >= 15 is 0 Å². The van der Waals surface area contributed by atoms with E-state index in [1.807, 2.05) is 6.92 Å². The van der Waals surface area contributed by atoms with Crippen molar-refractivity contribution in [1.29, 1.82) is 0 Å². The van der Waals surface area contributed by atoms with Gasteiger partial charge in [0.2, 0.25) is 0 Å². The van der Waals surface area contributed by atoms with Gasteiger partial charge in [-0.05, 0) is 19.4 Å². The molecule has 58 valence electrons. The fourth-order valence-electron chi connectivity index (χ4n) is 0.420. The molecular weight excluding hydrogens is 128 g/mol. The van der Waals surface area contributed by atoms with Crippen LogP contribution in [0.25, 0.3) is 0 Å². The number of nitrogens with zero attached hydrogens (tertiary/aromatic N) is 1. The highest BCUT2D eigenvalue weighted by Crippen LogP contribution is 1.87. The van der Waals surface area contributed by atoms with Crippen LogP contribution in [-0.4, -0.2) is 24.1 Å². The van der Waals surface area contributed by atoms with E-state index in [0.29, 0.717) is 0 Å². The standard InChI is InChI=1S/C7H14N2O/c1-3-7(5-10)4-9-6(2)8/h3-4,6,10H,5,8H2,1-2H3/b7-3+,9-4-. The molecule has 0 aliphatic heterocycles. The number of hydrogen-bond donors (Lipinski definition) is 2. The Hall–Kier alpha value is -0.670. The third-order valence-electron chi connectivity index (χ3n) is 1.03. The fraction of sp³-hybridized carbons (Fsp3) is 0.571. The smallest absolute Gasteiger partial charge is 0.0940 e. The zero-order chi connectivity index (χ0) is 7.98. The van der Waals surface area contributed by atoms with E-state index in [1.54, 1.807) is 19.2 Å². The van der Waals surface area contributed by atoms with E-state index in [9.17, 15) is 0 Å². The lowest BCUT2D eigenvalue weighted by molar-refractivity contribution is 0.337. The number of rotatable bonds is 3. The van der Waals surface area contributed by atoms with E-state index in [4.69, 9.17) is 10.8 Å². The first-order valence-corrected chi connectivity index (χ1v) is 3.25. The van der Waals surface area contributed by atoms with Crippen LogP contribution in [0, 0.1) is 0 Å². The van der Waals surface area contributed by atoms with E-state index in [-0.39, 0.29) is 12.8 Å². The Balaban J connectivity index is 3.86. The molecule has 3 N–H and O–H groups in total. The largest absolute Gasteiger partial charge is 0.392 e. The summed E-state index contributed by atoms with van der Waals surface area (Å²) in [4.78, 5) is 3.89. The molecule has 0 aliphatic rings. The van der Waals surface area contributed by atoms with E-state index < -0.39 is 0 Å². The van der Waals surface area contributed by atoms with Crippen molar-refractivity contribution in [2.24, 2.45) is 10.7 Å². The average Bonchev–Trinajstić information content (AvgIpc) is 1.90. The van der Waals surface area contributed by atoms with Gasteiger partial charge in [0.15, 0.2) is 0 Å². The molecule has 0 fully saturated rings. The maximum absolute atomic E-state index is 8.64. The highest BCUT2D eigenvalue weighted by Gasteiger charge is 1.87. The van der Waals surface area contributed by atoms with Crippen LogP contribution < -0.4 is 5.73 Å². The van der Waals surface area contributed by atoms with Crippen LogP contribution in [0.15, 0.2) is 16.6 Å². The molecule has 0 aromatic heterocycles. The molecular formula is C7H14N2O. The second-order valence-electron chi connectivity index (χ2n) is 2.04. The molecule has 0 amide bonds. The van der Waals surface area contributed by atoms with Crippen molar-refractivity contribution in [3.63, 3.8) is 0 Å². The molecule has 0 aliphatic carbocycles. The molecule has 0 aromatic carbocycles. The topological polar surface area (TPSA) is 58.6 Å². The Morgan fingerprint density at radius 3 is 2.70 bits per heavy atom. The molecule has 0 spiro atoms. The minimum absolute atomic E-state index is 0.0206. The highest BCUT2D eigenvalue weighted by molar-refractivity contribution is 5.78. The summed E-state index contributed by atoms with van der Waals surface area (Å²) in [6, 6.07) is 0. The van der Waals surface area contributed by atoms with Gasteiger partial charge in [0.05, 0.1) is 12.8 Å². The zero-order valence-corrected chi connectivity index (χ0v) is 6.41. The molecule has 0 bridgehead atoms. The molecule has 0 rings (SSSR count). The van der Waals surface area contributed by atoms with Gasteiger partial charge in [-0.25, -0.2) is 0 Å². The minimum atomic E-state index is -0.193. The van der Waals surface area contributed by atoms with Crippen molar-refractivity contribution >= 4 is 6.21 Å². The normalized spacial score (nSPS) is 16.2. The number of hydrogen-bond acceptors (Lipinski definition) is 3. The van der Waals surface area contributed by atoms with Gasteiger partial charge in [-0.1, -0.05) is 6.08 Å². The second kappa shape index (κ2) is 5.14. The van der Waals surface area contributed by atoms with Crippen molar-refractivity contribution in [3.05, 3.63) is 11.6 Å². The Kier molecular flexibility index (Phi) is 4.80. The molecule has 0 aromatic rings. The molecule has 0 saturated heterocycles. The zero-order valence-electron chi connectivity index (χ0n) is 6.41. The van der Waals surface area contributed by atoms with Gasteiger partial charge in [-0.15, -0.1) is 0 Å². The van der Waals surface area contributed by atoms with Crippen LogP contribution in [0.3, 0.4) is 0 Å². The summed E-state index contributed by atoms with van der Waals surface area (Å²) in [6.45, 7) is 3.65. The molecule has 0 radical (unpaired) electrons. The van der Waals surface area contributed by atoms with Crippen molar-refractivity contribution < 1.29 is 5.11 Å². The Morgan fingerprint density at radius 2 is 2.40 bits per heavy atom. The van der Waals surface area contributed by atoms with Gasteiger partial charge in [0.1, 0.15) is 0 Å². The first-order valence-electron chi connectivity index (χ1n) is 3.25. The molecule has 0 heterocycles. The summed E-state index contributed by atoms with van der Waals surface area (Å²) >= 11 is 0. The summed E-state index contributed by atoms with van der Waals surface area (Å²) in [7, 11) is 0. The van der Waals surface area contributed by atoms with Crippen molar-refractivity contribution in [3.8, 4) is 0 Å². The number of aliphatic hydroxyl groups is 1. The summed E-state index contributed by atoms with van der Waals surface area (Å²) < 4.78 is 0. The summed E-state index contributed by atoms with van der Waals surface area (Å²) in [5, 5.41) is 8.64. The molecule has 0 saturated carbocycles. The number of nitrogens with two attached hydrogens (primary N) is 1. The molecule has 3 nitrogen and oxygen atoms in total. The van der Waals surface area contributed by atoms with Crippen LogP contribution in [0.2, 0.25) is 0 Å². The minimum Gasteiger partial charge on any atom is -0.392 e. The quantitative estimate of drug-likeness (QED) is 0.557. The Morgan fingerprint density at radius 1 is 1.80 bits per heavy atom. The lowest BCUT2D eigenvalue weighted by atomic mass is 10.3. The summed E-state index contributed by atoms with van der Waals surface area (Å²) in [5.41, 5.74) is 6.13. The number of aliphatic imine (C=N–C) groups is 1. The lowest BCUT2D eigenvalue weighted by Gasteiger charge is -1.96. The van der Waals surface area contributed by atoms with Crippen molar-refractivity contribution in [2.75, 3.05) is 6.61 Å². The van der Waals surface area contributed by atoms with Gasteiger partial charge in [-0.3, -0.25) is 4.99 Å². The first-order chi connectivity index (χ1) is 4.70. The van der Waals surface area contributed by atoms with Gasteiger partial charge in [-0.2, -0.15) is 0 Å². The van der Waals surface area contributed by atoms with Crippen molar-refractivity contribution in [2.45, 2.75) is 20.0 Å². The number of allylic oxidation sites excluding steroid dienone is 1. The van der Waals surface area contributed by atoms with Crippen molar-refractivity contribution in [1.82, 2.24) is 0 Å². The number of aliphatic hydroxyl groups excluding tert-OH is 1. The Labute approximate surface area is 61.3 Å². The molecule has 1 atom stereocenters. The SMILES string of the molecule is C/C=C(\C=N/C(C)N)CO. The van der Waals surface area contributed by atoms with Crippen LogP contribution in [0.1, 0.15) is 13.8 Å². The predicted molar refractivity (Wildman–Crippen MR) is 43.0 cm³/mol. The maximum atomic E-state index is 8.64. The van der Waals surface area contributed by atoms with E-state index in [0.717, 1.165) is 5.57 Å². The third kappa shape index (κ3) is 4.23. The van der Waals surface area contributed by atoms with Crippen LogP contribution >= 0.6 is 0 Å². The average molecular weight is 142 g/mol. The first kappa shape index (κ1) is 9.33. The molecule has 10 heavy (non-hydrogen) atoms. The van der Waals surface area contributed by atoms with Crippen LogP contribution in [0.4, 0.5) is 0 Å². The van der Waals surface area contributed by atoms with E-state index in [2.05, 4.69) is 4.99 Å². The molecule has 1 unspecified atom stereocenters. The van der Waals surface area contributed by atoms with Gasteiger partial charge in [0, 0.05) is 6.21 Å². The summed E-state index contributed by atoms with van der Waals surface area (Å²) in [6.07, 6.45) is 3.19. The third-order valence-corrected chi connectivity index (χ3v) is 1.03.